The molecule has 1 saturated heterocycles. The molecule has 0 amide bonds. The van der Waals surface area contributed by atoms with Gasteiger partial charge in [0.05, 0.1) is 5.69 Å². The summed E-state index contributed by atoms with van der Waals surface area (Å²) in [5, 5.41) is 10.2. The molecule has 0 atom stereocenters. The summed E-state index contributed by atoms with van der Waals surface area (Å²) in [7, 11) is 0. The Hall–Kier alpha value is -1.14. The van der Waals surface area contributed by atoms with Gasteiger partial charge in [-0.15, -0.1) is 0 Å². The third-order valence-electron chi connectivity index (χ3n) is 3.65. The maximum atomic E-state index is 11.3. The third-order valence-corrected chi connectivity index (χ3v) is 4.77. The molecule has 0 unspecified atom stereocenters. The van der Waals surface area contributed by atoms with Gasteiger partial charge in [0.2, 0.25) is 0 Å². The average Bonchev–Trinajstić information content (AvgIpc) is 2.84. The summed E-state index contributed by atoms with van der Waals surface area (Å²) >= 11 is 1.31. The van der Waals surface area contributed by atoms with Gasteiger partial charge >= 0.3 is 5.97 Å². The number of piperazine rings is 1. The average molecular weight is 311 g/mol. The molecule has 1 aromatic heterocycles. The van der Waals surface area contributed by atoms with Crippen molar-refractivity contribution in [2.24, 2.45) is 5.92 Å². The van der Waals surface area contributed by atoms with E-state index in [1.165, 1.54) is 11.3 Å². The van der Waals surface area contributed by atoms with Crippen LogP contribution in [0.3, 0.4) is 0 Å². The Morgan fingerprint density at radius 3 is 2.29 bits per heavy atom. The van der Waals surface area contributed by atoms with Crippen molar-refractivity contribution in [2.45, 2.75) is 33.6 Å². The second kappa shape index (κ2) is 6.75. The maximum absolute atomic E-state index is 11.3. The Balaban J connectivity index is 2.07. The summed E-state index contributed by atoms with van der Waals surface area (Å²) < 4.78 is 0. The van der Waals surface area contributed by atoms with E-state index in [1.54, 1.807) is 0 Å². The van der Waals surface area contributed by atoms with Gasteiger partial charge in [-0.25, -0.2) is 9.78 Å². The Morgan fingerprint density at radius 2 is 1.86 bits per heavy atom. The van der Waals surface area contributed by atoms with Crippen LogP contribution >= 0.6 is 11.3 Å². The van der Waals surface area contributed by atoms with Crippen LogP contribution in [0.25, 0.3) is 0 Å². The first-order valence-corrected chi connectivity index (χ1v) is 8.41. The summed E-state index contributed by atoms with van der Waals surface area (Å²) in [6, 6.07) is 0. The number of hydrogen-bond acceptors (Lipinski definition) is 5. The summed E-state index contributed by atoms with van der Waals surface area (Å²) in [6.45, 7) is 13.5. The molecular formula is C15H25N3O2S. The molecule has 21 heavy (non-hydrogen) atoms. The van der Waals surface area contributed by atoms with Gasteiger partial charge in [0.1, 0.15) is 4.88 Å². The molecule has 1 aliphatic heterocycles. The minimum absolute atomic E-state index is 0.142. The Labute approximate surface area is 130 Å². The monoisotopic (exact) mass is 311 g/mol. The molecule has 2 heterocycles. The van der Waals surface area contributed by atoms with E-state index in [-0.39, 0.29) is 5.92 Å². The number of carboxylic acids is 1. The number of carbonyl (C=O) groups is 1. The molecule has 0 aromatic carbocycles. The molecule has 1 N–H and O–H groups in total. The first kappa shape index (κ1) is 16.2. The first-order chi connectivity index (χ1) is 9.88. The normalized spacial score (nSPS) is 17.0. The molecule has 0 aliphatic carbocycles. The van der Waals surface area contributed by atoms with Crippen molar-refractivity contribution in [2.75, 3.05) is 37.6 Å². The van der Waals surface area contributed by atoms with Gasteiger partial charge in [-0.05, 0) is 11.8 Å². The van der Waals surface area contributed by atoms with Crippen molar-refractivity contribution in [3.05, 3.63) is 10.6 Å². The predicted molar refractivity (Wildman–Crippen MR) is 86.7 cm³/mol. The number of thiazole rings is 1. The van der Waals surface area contributed by atoms with Crippen LogP contribution in [0, 0.1) is 5.92 Å². The van der Waals surface area contributed by atoms with Crippen LogP contribution in [-0.2, 0) is 0 Å². The topological polar surface area (TPSA) is 56.7 Å². The lowest BCUT2D eigenvalue weighted by molar-refractivity contribution is 0.0700. The molecule has 0 bridgehead atoms. The summed E-state index contributed by atoms with van der Waals surface area (Å²) in [6.07, 6.45) is 0. The fraction of sp³-hybridized carbons (Fsp3) is 0.733. The number of hydrogen-bond donors (Lipinski definition) is 1. The Bertz CT molecular complexity index is 491. The highest BCUT2D eigenvalue weighted by molar-refractivity contribution is 7.17. The number of anilines is 1. The van der Waals surface area contributed by atoms with E-state index in [4.69, 9.17) is 0 Å². The molecule has 0 radical (unpaired) electrons. The van der Waals surface area contributed by atoms with E-state index >= 15 is 0 Å². The number of nitrogens with zero attached hydrogens (tertiary/aromatic N) is 3. The molecule has 0 saturated carbocycles. The van der Waals surface area contributed by atoms with E-state index in [2.05, 4.69) is 28.6 Å². The number of carboxylic acid groups (broad SMARTS) is 1. The van der Waals surface area contributed by atoms with Crippen molar-refractivity contribution >= 4 is 22.4 Å². The number of aromatic nitrogens is 1. The van der Waals surface area contributed by atoms with E-state index in [1.807, 2.05) is 13.8 Å². The molecule has 1 fully saturated rings. The molecule has 6 heteroatoms. The zero-order valence-electron chi connectivity index (χ0n) is 13.3. The van der Waals surface area contributed by atoms with E-state index in [0.717, 1.165) is 37.9 Å². The van der Waals surface area contributed by atoms with Gasteiger partial charge in [0.25, 0.3) is 0 Å². The fourth-order valence-corrected chi connectivity index (χ4v) is 3.75. The molecule has 1 aromatic rings. The number of rotatable bonds is 5. The predicted octanol–water partition coefficient (Wildman–Crippen LogP) is 2.74. The third kappa shape index (κ3) is 3.95. The second-order valence-corrected chi connectivity index (χ2v) is 7.33. The van der Waals surface area contributed by atoms with Gasteiger partial charge in [-0.3, -0.25) is 4.90 Å². The molecular weight excluding hydrogens is 286 g/mol. The molecule has 0 spiro atoms. The van der Waals surface area contributed by atoms with Gasteiger partial charge in [0, 0.05) is 32.7 Å². The molecule has 2 rings (SSSR count). The minimum Gasteiger partial charge on any atom is -0.477 e. The van der Waals surface area contributed by atoms with Gasteiger partial charge in [-0.1, -0.05) is 39.0 Å². The standard InChI is InChI=1S/C15H25N3O2S/c1-10(2)9-17-5-7-18(8-6-17)15-16-12(11(3)4)13(21-15)14(19)20/h10-11H,5-9H2,1-4H3,(H,19,20). The fourth-order valence-electron chi connectivity index (χ4n) is 2.64. The van der Waals surface area contributed by atoms with Gasteiger partial charge in [0.15, 0.2) is 5.13 Å². The van der Waals surface area contributed by atoms with Gasteiger partial charge in [-0.2, -0.15) is 0 Å². The van der Waals surface area contributed by atoms with Crippen molar-refractivity contribution < 1.29 is 9.90 Å². The highest BCUT2D eigenvalue weighted by Crippen LogP contribution is 2.31. The highest BCUT2D eigenvalue weighted by atomic mass is 32.1. The van der Waals surface area contributed by atoms with Crippen LogP contribution in [0.15, 0.2) is 0 Å². The van der Waals surface area contributed by atoms with Crippen molar-refractivity contribution in [1.29, 1.82) is 0 Å². The van der Waals surface area contributed by atoms with E-state index in [9.17, 15) is 9.90 Å². The van der Waals surface area contributed by atoms with E-state index in [0.29, 0.717) is 16.5 Å². The lowest BCUT2D eigenvalue weighted by Crippen LogP contribution is -2.47. The zero-order chi connectivity index (χ0) is 15.6. The second-order valence-electron chi connectivity index (χ2n) is 6.35. The lowest BCUT2D eigenvalue weighted by atomic mass is 10.1. The highest BCUT2D eigenvalue weighted by Gasteiger charge is 2.25. The van der Waals surface area contributed by atoms with Crippen molar-refractivity contribution in [3.8, 4) is 0 Å². The van der Waals surface area contributed by atoms with Crippen LogP contribution < -0.4 is 4.90 Å². The Kier molecular flexibility index (Phi) is 5.22. The van der Waals surface area contributed by atoms with Crippen LogP contribution in [0.1, 0.15) is 49.0 Å². The quantitative estimate of drug-likeness (QED) is 0.906. The summed E-state index contributed by atoms with van der Waals surface area (Å²) in [5.41, 5.74) is 0.715. The van der Waals surface area contributed by atoms with Crippen LogP contribution in [0.2, 0.25) is 0 Å². The van der Waals surface area contributed by atoms with Crippen molar-refractivity contribution in [3.63, 3.8) is 0 Å². The van der Waals surface area contributed by atoms with E-state index < -0.39 is 5.97 Å². The van der Waals surface area contributed by atoms with Crippen LogP contribution in [0.5, 0.6) is 0 Å². The SMILES string of the molecule is CC(C)CN1CCN(c2nc(C(C)C)c(C(=O)O)s2)CC1. The van der Waals surface area contributed by atoms with Gasteiger partial charge < -0.3 is 10.0 Å². The molecule has 1 aliphatic rings. The summed E-state index contributed by atoms with van der Waals surface area (Å²) in [4.78, 5) is 21.0. The van der Waals surface area contributed by atoms with Crippen molar-refractivity contribution in [1.82, 2.24) is 9.88 Å². The maximum Gasteiger partial charge on any atom is 0.347 e. The minimum atomic E-state index is -0.860. The summed E-state index contributed by atoms with van der Waals surface area (Å²) in [5.74, 6) is -0.0354. The molecule has 5 nitrogen and oxygen atoms in total. The zero-order valence-corrected chi connectivity index (χ0v) is 14.1. The van der Waals surface area contributed by atoms with Crippen LogP contribution in [-0.4, -0.2) is 53.7 Å². The van der Waals surface area contributed by atoms with Crippen LogP contribution in [0.4, 0.5) is 5.13 Å². The smallest absolute Gasteiger partial charge is 0.347 e. The molecule has 118 valence electrons. The Morgan fingerprint density at radius 1 is 1.24 bits per heavy atom. The largest absolute Gasteiger partial charge is 0.477 e. The first-order valence-electron chi connectivity index (χ1n) is 7.59. The lowest BCUT2D eigenvalue weighted by Gasteiger charge is -2.35. The number of aromatic carboxylic acids is 1.